The summed E-state index contributed by atoms with van der Waals surface area (Å²) in [5, 5.41) is 9.32. The van der Waals surface area contributed by atoms with Crippen molar-refractivity contribution in [3.63, 3.8) is 0 Å². The summed E-state index contributed by atoms with van der Waals surface area (Å²) in [5.74, 6) is -0.808. The maximum Gasteiger partial charge on any atom is 0.313 e. The fourth-order valence-electron chi connectivity index (χ4n) is 2.07. The number of carboxylic acid groups (broad SMARTS) is 1. The Morgan fingerprint density at radius 3 is 3.17 bits per heavy atom. The van der Waals surface area contributed by atoms with Crippen molar-refractivity contribution in [3.05, 3.63) is 33.9 Å². The molecular weight excluding hydrogens is 316 g/mol. The van der Waals surface area contributed by atoms with E-state index in [2.05, 4.69) is 25.9 Å². The molecule has 1 aromatic carbocycles. The number of benzene rings is 1. The van der Waals surface area contributed by atoms with Crippen LogP contribution in [0.15, 0.2) is 27.8 Å². The van der Waals surface area contributed by atoms with Gasteiger partial charge in [-0.05, 0) is 11.6 Å². The topological polar surface area (TPSA) is 66.0 Å². The van der Waals surface area contributed by atoms with E-state index < -0.39 is 5.97 Å². The molecule has 2 N–H and O–H groups in total. The van der Waals surface area contributed by atoms with Crippen LogP contribution >= 0.6 is 27.7 Å². The van der Waals surface area contributed by atoms with Crippen LogP contribution in [0.25, 0.3) is 11.3 Å². The van der Waals surface area contributed by atoms with E-state index in [1.165, 1.54) is 17.3 Å². The van der Waals surface area contributed by atoms with Gasteiger partial charge in [0, 0.05) is 22.2 Å². The third-order valence-corrected chi connectivity index (χ3v) is 4.42. The molecule has 92 valence electrons. The summed E-state index contributed by atoms with van der Waals surface area (Å²) in [6.45, 7) is 0. The van der Waals surface area contributed by atoms with E-state index in [1.54, 1.807) is 0 Å². The van der Waals surface area contributed by atoms with Gasteiger partial charge in [0.1, 0.15) is 0 Å². The van der Waals surface area contributed by atoms with Crippen LogP contribution in [0.1, 0.15) is 11.3 Å². The van der Waals surface area contributed by atoms with E-state index in [-0.39, 0.29) is 5.75 Å². The van der Waals surface area contributed by atoms with Gasteiger partial charge in [0.15, 0.2) is 5.16 Å². The third kappa shape index (κ3) is 1.95. The highest BCUT2D eigenvalue weighted by molar-refractivity contribution is 9.10. The summed E-state index contributed by atoms with van der Waals surface area (Å²) < 4.78 is 1.09. The van der Waals surface area contributed by atoms with Gasteiger partial charge >= 0.3 is 5.97 Å². The number of thioether (sulfide) groups is 1. The summed E-state index contributed by atoms with van der Waals surface area (Å²) in [6, 6.07) is 6.04. The lowest BCUT2D eigenvalue weighted by molar-refractivity contribution is -0.133. The minimum absolute atomic E-state index is 0.0255. The Hall–Kier alpha value is -1.27. The van der Waals surface area contributed by atoms with Crippen molar-refractivity contribution in [1.29, 1.82) is 0 Å². The minimum Gasteiger partial charge on any atom is -0.481 e. The zero-order valence-electron chi connectivity index (χ0n) is 9.24. The Balaban J connectivity index is 1.93. The highest BCUT2D eigenvalue weighted by Gasteiger charge is 2.24. The number of aliphatic carboxylic acids is 1. The number of aromatic amines is 1. The standard InChI is InChI=1S/C12H9BrN2O2S/c13-8-3-1-2-6-7(8)4-9-11(6)15-12(14-9)18-5-10(16)17/h1-3H,4-5H2,(H,14,15)(H,16,17). The minimum atomic E-state index is -0.834. The number of carbonyl (C=O) groups is 1. The number of carboxylic acids is 1. The van der Waals surface area contributed by atoms with Gasteiger partial charge in [-0.25, -0.2) is 4.98 Å². The van der Waals surface area contributed by atoms with Crippen LogP contribution in [-0.2, 0) is 11.2 Å². The van der Waals surface area contributed by atoms with E-state index in [0.717, 1.165) is 27.8 Å². The molecule has 2 aromatic rings. The van der Waals surface area contributed by atoms with Crippen molar-refractivity contribution >= 4 is 33.7 Å². The largest absolute Gasteiger partial charge is 0.481 e. The number of fused-ring (bicyclic) bond motifs is 3. The molecule has 1 heterocycles. The molecule has 0 saturated heterocycles. The first kappa shape index (κ1) is 11.8. The van der Waals surface area contributed by atoms with E-state index in [1.807, 2.05) is 18.2 Å². The molecule has 0 amide bonds. The van der Waals surface area contributed by atoms with Crippen LogP contribution < -0.4 is 0 Å². The number of nitrogens with one attached hydrogen (secondary N) is 1. The van der Waals surface area contributed by atoms with E-state index in [9.17, 15) is 4.79 Å². The zero-order valence-corrected chi connectivity index (χ0v) is 11.6. The number of hydrogen-bond donors (Lipinski definition) is 2. The summed E-state index contributed by atoms with van der Waals surface area (Å²) in [4.78, 5) is 18.2. The highest BCUT2D eigenvalue weighted by atomic mass is 79.9. The lowest BCUT2D eigenvalue weighted by atomic mass is 10.1. The summed E-state index contributed by atoms with van der Waals surface area (Å²) in [6.07, 6.45) is 0.812. The van der Waals surface area contributed by atoms with Gasteiger partial charge in [-0.15, -0.1) is 0 Å². The average Bonchev–Trinajstić information content (AvgIpc) is 2.85. The molecule has 0 atom stereocenters. The Morgan fingerprint density at radius 1 is 1.56 bits per heavy atom. The Labute approximate surface area is 116 Å². The molecule has 6 heteroatoms. The first-order chi connectivity index (χ1) is 8.65. The van der Waals surface area contributed by atoms with Gasteiger partial charge in [-0.2, -0.15) is 0 Å². The van der Waals surface area contributed by atoms with Crippen LogP contribution in [0, 0.1) is 0 Å². The predicted molar refractivity (Wildman–Crippen MR) is 72.9 cm³/mol. The van der Waals surface area contributed by atoms with Crippen molar-refractivity contribution < 1.29 is 9.90 Å². The zero-order chi connectivity index (χ0) is 12.7. The molecule has 3 rings (SSSR count). The maximum absolute atomic E-state index is 10.5. The second kappa shape index (κ2) is 4.44. The molecule has 0 saturated carbocycles. The van der Waals surface area contributed by atoms with Crippen LogP contribution in [0.3, 0.4) is 0 Å². The number of hydrogen-bond acceptors (Lipinski definition) is 3. The molecule has 0 spiro atoms. The number of imidazole rings is 1. The number of halogens is 1. The second-order valence-electron chi connectivity index (χ2n) is 3.99. The van der Waals surface area contributed by atoms with Gasteiger partial charge in [-0.3, -0.25) is 4.79 Å². The highest BCUT2D eigenvalue weighted by Crippen LogP contribution is 2.39. The monoisotopic (exact) mass is 324 g/mol. The van der Waals surface area contributed by atoms with Gasteiger partial charge < -0.3 is 10.1 Å². The normalized spacial score (nSPS) is 12.3. The van der Waals surface area contributed by atoms with Crippen LogP contribution in [0.4, 0.5) is 0 Å². The molecule has 0 fully saturated rings. The summed E-state index contributed by atoms with van der Waals surface area (Å²) in [7, 11) is 0. The Bertz CT molecular complexity index is 639. The van der Waals surface area contributed by atoms with Gasteiger partial charge in [-0.1, -0.05) is 39.8 Å². The summed E-state index contributed by atoms with van der Waals surface area (Å²) in [5.41, 5.74) is 4.36. The smallest absolute Gasteiger partial charge is 0.313 e. The first-order valence-corrected chi connectivity index (χ1v) is 7.14. The molecule has 0 bridgehead atoms. The van der Waals surface area contributed by atoms with Crippen LogP contribution in [0.2, 0.25) is 0 Å². The summed E-state index contributed by atoms with van der Waals surface area (Å²) >= 11 is 4.75. The molecule has 1 aromatic heterocycles. The van der Waals surface area contributed by atoms with E-state index in [0.29, 0.717) is 5.16 Å². The molecule has 18 heavy (non-hydrogen) atoms. The lowest BCUT2D eigenvalue weighted by Crippen LogP contribution is -1.98. The molecule has 0 radical (unpaired) electrons. The van der Waals surface area contributed by atoms with Crippen molar-refractivity contribution in [2.24, 2.45) is 0 Å². The molecule has 4 nitrogen and oxygen atoms in total. The maximum atomic E-state index is 10.5. The average molecular weight is 325 g/mol. The van der Waals surface area contributed by atoms with E-state index >= 15 is 0 Å². The molecule has 1 aliphatic carbocycles. The Morgan fingerprint density at radius 2 is 2.39 bits per heavy atom. The Kier molecular flexibility index (Phi) is 2.91. The molecule has 0 unspecified atom stereocenters. The predicted octanol–water partition coefficient (Wildman–Crippen LogP) is 2.92. The molecule has 1 aliphatic rings. The van der Waals surface area contributed by atoms with Crippen LogP contribution in [0.5, 0.6) is 0 Å². The number of aromatic nitrogens is 2. The van der Waals surface area contributed by atoms with Crippen LogP contribution in [-0.4, -0.2) is 26.8 Å². The quantitative estimate of drug-likeness (QED) is 0.727. The number of rotatable bonds is 3. The van der Waals surface area contributed by atoms with Crippen molar-refractivity contribution in [2.45, 2.75) is 11.6 Å². The second-order valence-corrected chi connectivity index (χ2v) is 5.81. The first-order valence-electron chi connectivity index (χ1n) is 5.36. The van der Waals surface area contributed by atoms with E-state index in [4.69, 9.17) is 5.11 Å². The number of nitrogens with zero attached hydrogens (tertiary/aromatic N) is 1. The fourth-order valence-corrected chi connectivity index (χ4v) is 3.19. The van der Waals surface area contributed by atoms with Gasteiger partial charge in [0.25, 0.3) is 0 Å². The van der Waals surface area contributed by atoms with Crippen molar-refractivity contribution in [3.8, 4) is 11.3 Å². The lowest BCUT2D eigenvalue weighted by Gasteiger charge is -2.01. The fraction of sp³-hybridized carbons (Fsp3) is 0.167. The van der Waals surface area contributed by atoms with Gasteiger partial charge in [0.05, 0.1) is 11.4 Å². The van der Waals surface area contributed by atoms with Gasteiger partial charge in [0.2, 0.25) is 0 Å². The van der Waals surface area contributed by atoms with Crippen molar-refractivity contribution in [1.82, 2.24) is 9.97 Å². The molecular formula is C12H9BrN2O2S. The molecule has 0 aliphatic heterocycles. The third-order valence-electron chi connectivity index (χ3n) is 2.82. The number of H-pyrrole nitrogens is 1. The van der Waals surface area contributed by atoms with Crippen molar-refractivity contribution in [2.75, 3.05) is 5.75 Å². The SMILES string of the molecule is O=C(O)CSc1nc2c([nH]1)Cc1c(Br)cccc1-2.